The van der Waals surface area contributed by atoms with E-state index in [1.807, 2.05) is 11.3 Å². The van der Waals surface area contributed by atoms with Crippen LogP contribution in [-0.2, 0) is 6.54 Å². The largest absolute Gasteiger partial charge is 0.312 e. The van der Waals surface area contributed by atoms with Crippen LogP contribution in [0.2, 0.25) is 0 Å². The minimum Gasteiger partial charge on any atom is -0.312 e. The van der Waals surface area contributed by atoms with Crippen LogP contribution in [0.1, 0.15) is 42.4 Å². The molecule has 0 spiro atoms. The monoisotopic (exact) mass is 289 g/mol. The SMILES string of the molecule is CCCCCCNCc1cc(Br)c(C)s1. The van der Waals surface area contributed by atoms with Crippen molar-refractivity contribution >= 4 is 27.3 Å². The standard InChI is InChI=1S/C12H20BrNS/c1-3-4-5-6-7-14-9-11-8-12(13)10(2)15-11/h8,14H,3-7,9H2,1-2H3. The molecule has 3 heteroatoms. The molecule has 0 saturated carbocycles. The molecule has 0 unspecified atom stereocenters. The fourth-order valence-electron chi connectivity index (χ4n) is 1.49. The zero-order valence-corrected chi connectivity index (χ0v) is 12.0. The second-order valence-electron chi connectivity index (χ2n) is 3.85. The van der Waals surface area contributed by atoms with Gasteiger partial charge >= 0.3 is 0 Å². The van der Waals surface area contributed by atoms with Gasteiger partial charge in [0.2, 0.25) is 0 Å². The molecule has 0 saturated heterocycles. The predicted octanol–water partition coefficient (Wildman–Crippen LogP) is 4.49. The summed E-state index contributed by atoms with van der Waals surface area (Å²) >= 11 is 5.42. The molecular formula is C12H20BrNS. The molecule has 0 atom stereocenters. The van der Waals surface area contributed by atoms with Crippen molar-refractivity contribution in [1.82, 2.24) is 5.32 Å². The molecule has 1 aromatic rings. The number of aryl methyl sites for hydroxylation is 1. The Morgan fingerprint density at radius 1 is 1.33 bits per heavy atom. The summed E-state index contributed by atoms with van der Waals surface area (Å²) in [5.41, 5.74) is 0. The van der Waals surface area contributed by atoms with Crippen LogP contribution < -0.4 is 5.32 Å². The molecule has 86 valence electrons. The van der Waals surface area contributed by atoms with Crippen LogP contribution in [-0.4, -0.2) is 6.54 Å². The van der Waals surface area contributed by atoms with Gasteiger partial charge in [-0.05, 0) is 41.9 Å². The third-order valence-corrected chi connectivity index (χ3v) is 4.55. The first-order valence-corrected chi connectivity index (χ1v) is 7.30. The fraction of sp³-hybridized carbons (Fsp3) is 0.667. The summed E-state index contributed by atoms with van der Waals surface area (Å²) in [4.78, 5) is 2.80. The van der Waals surface area contributed by atoms with Crippen molar-refractivity contribution in [3.63, 3.8) is 0 Å². The van der Waals surface area contributed by atoms with Gasteiger partial charge in [0.05, 0.1) is 0 Å². The number of thiophene rings is 1. The average Bonchev–Trinajstić information content (AvgIpc) is 2.52. The Morgan fingerprint density at radius 3 is 2.73 bits per heavy atom. The van der Waals surface area contributed by atoms with E-state index < -0.39 is 0 Å². The molecule has 0 aromatic carbocycles. The Balaban J connectivity index is 2.10. The van der Waals surface area contributed by atoms with E-state index in [1.54, 1.807) is 0 Å². The average molecular weight is 290 g/mol. The summed E-state index contributed by atoms with van der Waals surface area (Å²) in [5, 5.41) is 3.49. The number of nitrogens with one attached hydrogen (secondary N) is 1. The second kappa shape index (κ2) is 7.42. The fourth-order valence-corrected chi connectivity index (χ4v) is 3.06. The summed E-state index contributed by atoms with van der Waals surface area (Å²) in [7, 11) is 0. The summed E-state index contributed by atoms with van der Waals surface area (Å²) in [5.74, 6) is 0. The normalized spacial score (nSPS) is 10.9. The third kappa shape index (κ3) is 5.14. The number of hydrogen-bond donors (Lipinski definition) is 1. The van der Waals surface area contributed by atoms with Crippen molar-refractivity contribution < 1.29 is 0 Å². The van der Waals surface area contributed by atoms with E-state index >= 15 is 0 Å². The van der Waals surface area contributed by atoms with Crippen molar-refractivity contribution in [2.24, 2.45) is 0 Å². The number of hydrogen-bond acceptors (Lipinski definition) is 2. The van der Waals surface area contributed by atoms with Crippen LogP contribution in [0.5, 0.6) is 0 Å². The topological polar surface area (TPSA) is 12.0 Å². The first-order chi connectivity index (χ1) is 7.24. The van der Waals surface area contributed by atoms with E-state index in [0.717, 1.165) is 13.1 Å². The zero-order valence-electron chi connectivity index (χ0n) is 9.61. The van der Waals surface area contributed by atoms with Crippen LogP contribution in [0, 0.1) is 6.92 Å². The highest BCUT2D eigenvalue weighted by atomic mass is 79.9. The van der Waals surface area contributed by atoms with Crippen LogP contribution in [0.4, 0.5) is 0 Å². The molecule has 0 radical (unpaired) electrons. The molecular weight excluding hydrogens is 270 g/mol. The smallest absolute Gasteiger partial charge is 0.0314 e. The molecule has 0 aliphatic carbocycles. The molecule has 0 aliphatic rings. The quantitative estimate of drug-likeness (QED) is 0.730. The molecule has 0 bridgehead atoms. The Hall–Kier alpha value is 0.140. The van der Waals surface area contributed by atoms with E-state index in [9.17, 15) is 0 Å². The molecule has 0 fully saturated rings. The van der Waals surface area contributed by atoms with Crippen LogP contribution >= 0.6 is 27.3 Å². The van der Waals surface area contributed by atoms with Gasteiger partial charge in [0.25, 0.3) is 0 Å². The van der Waals surface area contributed by atoms with Crippen LogP contribution in [0.3, 0.4) is 0 Å². The van der Waals surface area contributed by atoms with Gasteiger partial charge in [-0.15, -0.1) is 11.3 Å². The van der Waals surface area contributed by atoms with Gasteiger partial charge in [0, 0.05) is 20.8 Å². The van der Waals surface area contributed by atoms with E-state index in [2.05, 4.69) is 41.2 Å². The van der Waals surface area contributed by atoms with Gasteiger partial charge in [-0.2, -0.15) is 0 Å². The molecule has 15 heavy (non-hydrogen) atoms. The Labute approximate surface area is 105 Å². The van der Waals surface area contributed by atoms with E-state index in [1.165, 1.54) is 39.9 Å². The van der Waals surface area contributed by atoms with Crippen molar-refractivity contribution in [2.45, 2.75) is 46.1 Å². The summed E-state index contributed by atoms with van der Waals surface area (Å²) < 4.78 is 1.25. The highest BCUT2D eigenvalue weighted by Gasteiger charge is 2.01. The lowest BCUT2D eigenvalue weighted by Gasteiger charge is -2.02. The van der Waals surface area contributed by atoms with Crippen LogP contribution in [0.25, 0.3) is 0 Å². The number of unbranched alkanes of at least 4 members (excludes halogenated alkanes) is 3. The summed E-state index contributed by atoms with van der Waals surface area (Å²) in [6, 6.07) is 2.22. The molecule has 1 rings (SSSR count). The van der Waals surface area contributed by atoms with Gasteiger partial charge in [-0.1, -0.05) is 26.2 Å². The lowest BCUT2D eigenvalue weighted by Crippen LogP contribution is -2.13. The highest BCUT2D eigenvalue weighted by Crippen LogP contribution is 2.25. The minimum absolute atomic E-state index is 1.02. The minimum atomic E-state index is 1.02. The van der Waals surface area contributed by atoms with Crippen molar-refractivity contribution in [1.29, 1.82) is 0 Å². The maximum absolute atomic E-state index is 3.54. The number of halogens is 1. The molecule has 1 N–H and O–H groups in total. The van der Waals surface area contributed by atoms with Crippen molar-refractivity contribution in [3.05, 3.63) is 20.3 Å². The van der Waals surface area contributed by atoms with Gasteiger partial charge in [0.1, 0.15) is 0 Å². The second-order valence-corrected chi connectivity index (χ2v) is 6.05. The van der Waals surface area contributed by atoms with Crippen LogP contribution in [0.15, 0.2) is 10.5 Å². The Kier molecular flexibility index (Phi) is 6.53. The molecule has 0 aliphatic heterocycles. The summed E-state index contributed by atoms with van der Waals surface area (Å²) in [6.45, 7) is 6.57. The van der Waals surface area contributed by atoms with E-state index in [0.29, 0.717) is 0 Å². The first kappa shape index (κ1) is 13.2. The van der Waals surface area contributed by atoms with E-state index in [4.69, 9.17) is 0 Å². The summed E-state index contributed by atoms with van der Waals surface area (Å²) in [6.07, 6.45) is 5.35. The van der Waals surface area contributed by atoms with Gasteiger partial charge < -0.3 is 5.32 Å². The zero-order chi connectivity index (χ0) is 11.1. The van der Waals surface area contributed by atoms with Gasteiger partial charge in [-0.3, -0.25) is 0 Å². The molecule has 0 amide bonds. The number of rotatable bonds is 7. The highest BCUT2D eigenvalue weighted by molar-refractivity contribution is 9.10. The lowest BCUT2D eigenvalue weighted by atomic mass is 10.2. The molecule has 1 nitrogen and oxygen atoms in total. The Bertz CT molecular complexity index is 264. The molecule has 1 heterocycles. The first-order valence-electron chi connectivity index (χ1n) is 5.69. The van der Waals surface area contributed by atoms with E-state index in [-0.39, 0.29) is 0 Å². The third-order valence-electron chi connectivity index (χ3n) is 2.41. The van der Waals surface area contributed by atoms with Gasteiger partial charge in [-0.25, -0.2) is 0 Å². The molecule has 1 aromatic heterocycles. The predicted molar refractivity (Wildman–Crippen MR) is 72.6 cm³/mol. The van der Waals surface area contributed by atoms with Crippen molar-refractivity contribution in [2.75, 3.05) is 6.54 Å². The van der Waals surface area contributed by atoms with Gasteiger partial charge in [0.15, 0.2) is 0 Å². The Morgan fingerprint density at radius 2 is 2.13 bits per heavy atom. The maximum Gasteiger partial charge on any atom is 0.0314 e. The maximum atomic E-state index is 3.54. The lowest BCUT2D eigenvalue weighted by molar-refractivity contribution is 0.600. The van der Waals surface area contributed by atoms with Crippen molar-refractivity contribution in [3.8, 4) is 0 Å².